The van der Waals surface area contributed by atoms with Gasteiger partial charge >= 0.3 is 0 Å². The fourth-order valence-corrected chi connectivity index (χ4v) is 2.65. The van der Waals surface area contributed by atoms with E-state index in [0.29, 0.717) is 5.56 Å². The number of rotatable bonds is 4. The van der Waals surface area contributed by atoms with Crippen molar-refractivity contribution < 1.29 is 9.59 Å². The standard InChI is InChI=1S/C17H23NO2/c1-2-7-14-8-10-15(11-9-14)16(19)17(20)18-12-5-3-4-6-13-18/h8-11H,2-7,12-13H2,1H3. The maximum absolute atomic E-state index is 12.2. The van der Waals surface area contributed by atoms with E-state index in [9.17, 15) is 9.59 Å². The van der Waals surface area contributed by atoms with Crippen LogP contribution in [0.4, 0.5) is 0 Å². The topological polar surface area (TPSA) is 37.4 Å². The van der Waals surface area contributed by atoms with E-state index >= 15 is 0 Å². The predicted octanol–water partition coefficient (Wildman–Crippen LogP) is 3.22. The van der Waals surface area contributed by atoms with Crippen LogP contribution in [0.15, 0.2) is 24.3 Å². The Kier molecular flexibility index (Phi) is 5.33. The van der Waals surface area contributed by atoms with E-state index in [-0.39, 0.29) is 11.7 Å². The van der Waals surface area contributed by atoms with Crippen LogP contribution in [0, 0.1) is 0 Å². The molecule has 1 aliphatic rings. The van der Waals surface area contributed by atoms with Gasteiger partial charge in [-0.25, -0.2) is 0 Å². The third-order valence-electron chi connectivity index (χ3n) is 3.84. The van der Waals surface area contributed by atoms with Gasteiger partial charge in [-0.05, 0) is 24.8 Å². The summed E-state index contributed by atoms with van der Waals surface area (Å²) in [5.74, 6) is -0.704. The summed E-state index contributed by atoms with van der Waals surface area (Å²) in [5.41, 5.74) is 1.73. The van der Waals surface area contributed by atoms with E-state index in [1.165, 1.54) is 5.56 Å². The number of benzene rings is 1. The Morgan fingerprint density at radius 2 is 1.60 bits per heavy atom. The summed E-state index contributed by atoms with van der Waals surface area (Å²) in [4.78, 5) is 26.2. The molecule has 0 aliphatic carbocycles. The molecule has 0 N–H and O–H groups in total. The Balaban J connectivity index is 2.03. The molecule has 1 fully saturated rings. The highest BCUT2D eigenvalue weighted by Crippen LogP contribution is 2.13. The average Bonchev–Trinajstić information content (AvgIpc) is 2.76. The summed E-state index contributed by atoms with van der Waals surface area (Å²) in [5, 5.41) is 0. The number of hydrogen-bond acceptors (Lipinski definition) is 2. The normalized spacial score (nSPS) is 15.8. The minimum atomic E-state index is -0.366. The third-order valence-corrected chi connectivity index (χ3v) is 3.84. The fourth-order valence-electron chi connectivity index (χ4n) is 2.65. The van der Waals surface area contributed by atoms with Crippen molar-refractivity contribution in [3.63, 3.8) is 0 Å². The first-order valence-corrected chi connectivity index (χ1v) is 7.65. The number of amides is 1. The Labute approximate surface area is 121 Å². The number of nitrogens with zero attached hydrogens (tertiary/aromatic N) is 1. The molecule has 2 rings (SSSR count). The minimum Gasteiger partial charge on any atom is -0.336 e. The lowest BCUT2D eigenvalue weighted by Gasteiger charge is -2.19. The van der Waals surface area contributed by atoms with E-state index in [4.69, 9.17) is 0 Å². The van der Waals surface area contributed by atoms with Crippen LogP contribution in [-0.2, 0) is 11.2 Å². The molecule has 1 amide bonds. The van der Waals surface area contributed by atoms with Crippen LogP contribution < -0.4 is 0 Å². The maximum Gasteiger partial charge on any atom is 0.294 e. The number of likely N-dealkylation sites (tertiary alicyclic amines) is 1. The van der Waals surface area contributed by atoms with Gasteiger partial charge < -0.3 is 4.90 Å². The smallest absolute Gasteiger partial charge is 0.294 e. The van der Waals surface area contributed by atoms with Gasteiger partial charge in [-0.2, -0.15) is 0 Å². The van der Waals surface area contributed by atoms with Crippen LogP contribution >= 0.6 is 0 Å². The van der Waals surface area contributed by atoms with Gasteiger partial charge in [0.15, 0.2) is 0 Å². The van der Waals surface area contributed by atoms with Crippen LogP contribution in [-0.4, -0.2) is 29.7 Å². The quantitative estimate of drug-likeness (QED) is 0.624. The number of aryl methyl sites for hydroxylation is 1. The highest BCUT2D eigenvalue weighted by Gasteiger charge is 2.23. The molecule has 20 heavy (non-hydrogen) atoms. The molecule has 0 atom stereocenters. The molecule has 0 saturated carbocycles. The maximum atomic E-state index is 12.2. The Hall–Kier alpha value is -1.64. The lowest BCUT2D eigenvalue weighted by molar-refractivity contribution is -0.126. The van der Waals surface area contributed by atoms with E-state index in [1.807, 2.05) is 12.1 Å². The molecule has 1 heterocycles. The van der Waals surface area contributed by atoms with Crippen LogP contribution in [0.2, 0.25) is 0 Å². The lowest BCUT2D eigenvalue weighted by Crippen LogP contribution is -2.37. The molecule has 1 aromatic carbocycles. The van der Waals surface area contributed by atoms with Crippen LogP contribution in [0.25, 0.3) is 0 Å². The molecule has 3 heteroatoms. The molecular weight excluding hydrogens is 250 g/mol. The summed E-state index contributed by atoms with van der Waals surface area (Å²) in [6.45, 7) is 3.57. The molecule has 3 nitrogen and oxygen atoms in total. The van der Waals surface area contributed by atoms with Crippen molar-refractivity contribution in [2.24, 2.45) is 0 Å². The van der Waals surface area contributed by atoms with Crippen molar-refractivity contribution in [1.82, 2.24) is 4.90 Å². The Bertz CT molecular complexity index is 456. The van der Waals surface area contributed by atoms with Gasteiger partial charge in [0.25, 0.3) is 5.91 Å². The van der Waals surface area contributed by atoms with Gasteiger partial charge in [-0.3, -0.25) is 9.59 Å². The molecule has 0 bridgehead atoms. The van der Waals surface area contributed by atoms with Crippen molar-refractivity contribution in [3.05, 3.63) is 35.4 Å². The van der Waals surface area contributed by atoms with Crippen LogP contribution in [0.3, 0.4) is 0 Å². The number of Topliss-reactive ketones (excluding diaryl/α,β-unsaturated/α-hetero) is 1. The van der Waals surface area contributed by atoms with Gasteiger partial charge in [-0.15, -0.1) is 0 Å². The van der Waals surface area contributed by atoms with Crippen LogP contribution in [0.1, 0.15) is 54.9 Å². The van der Waals surface area contributed by atoms with Gasteiger partial charge in [0.05, 0.1) is 0 Å². The number of ketones is 1. The zero-order valence-corrected chi connectivity index (χ0v) is 12.2. The highest BCUT2D eigenvalue weighted by atomic mass is 16.2. The van der Waals surface area contributed by atoms with E-state index in [2.05, 4.69) is 6.92 Å². The van der Waals surface area contributed by atoms with Crippen molar-refractivity contribution in [3.8, 4) is 0 Å². The van der Waals surface area contributed by atoms with E-state index < -0.39 is 0 Å². The van der Waals surface area contributed by atoms with Crippen molar-refractivity contribution in [2.45, 2.75) is 45.4 Å². The van der Waals surface area contributed by atoms with Crippen molar-refractivity contribution >= 4 is 11.7 Å². The third kappa shape index (κ3) is 3.69. The van der Waals surface area contributed by atoms with E-state index in [1.54, 1.807) is 17.0 Å². The molecule has 0 spiro atoms. The molecule has 1 aliphatic heterocycles. The molecule has 0 radical (unpaired) electrons. The van der Waals surface area contributed by atoms with Crippen LogP contribution in [0.5, 0.6) is 0 Å². The Morgan fingerprint density at radius 1 is 1.00 bits per heavy atom. The van der Waals surface area contributed by atoms with Gasteiger partial charge in [-0.1, -0.05) is 50.5 Å². The second-order valence-electron chi connectivity index (χ2n) is 5.48. The summed E-state index contributed by atoms with van der Waals surface area (Å²) in [7, 11) is 0. The van der Waals surface area contributed by atoms with Crippen molar-refractivity contribution in [1.29, 1.82) is 0 Å². The summed E-state index contributed by atoms with van der Waals surface area (Å²) >= 11 is 0. The minimum absolute atomic E-state index is 0.338. The van der Waals surface area contributed by atoms with Gasteiger partial charge in [0.2, 0.25) is 5.78 Å². The van der Waals surface area contributed by atoms with Gasteiger partial charge in [0.1, 0.15) is 0 Å². The second-order valence-corrected chi connectivity index (χ2v) is 5.48. The molecule has 1 saturated heterocycles. The number of hydrogen-bond donors (Lipinski definition) is 0. The number of carbonyl (C=O) groups excluding carboxylic acids is 2. The molecule has 0 aromatic heterocycles. The largest absolute Gasteiger partial charge is 0.336 e. The summed E-state index contributed by atoms with van der Waals surface area (Å²) in [6, 6.07) is 7.46. The molecular formula is C17H23NO2. The highest BCUT2D eigenvalue weighted by molar-refractivity contribution is 6.42. The first-order chi connectivity index (χ1) is 9.72. The zero-order chi connectivity index (χ0) is 14.4. The van der Waals surface area contributed by atoms with Gasteiger partial charge in [0, 0.05) is 18.7 Å². The van der Waals surface area contributed by atoms with E-state index in [0.717, 1.165) is 51.6 Å². The first-order valence-electron chi connectivity index (χ1n) is 7.65. The Morgan fingerprint density at radius 3 is 2.15 bits per heavy atom. The SMILES string of the molecule is CCCc1ccc(C(=O)C(=O)N2CCCCCC2)cc1. The first kappa shape index (κ1) is 14.8. The average molecular weight is 273 g/mol. The van der Waals surface area contributed by atoms with Crippen molar-refractivity contribution in [2.75, 3.05) is 13.1 Å². The molecule has 108 valence electrons. The zero-order valence-electron chi connectivity index (χ0n) is 12.2. The monoisotopic (exact) mass is 273 g/mol. The lowest BCUT2D eigenvalue weighted by atomic mass is 10.0. The fraction of sp³-hybridized carbons (Fsp3) is 0.529. The molecule has 0 unspecified atom stereocenters. The molecule has 1 aromatic rings. The predicted molar refractivity (Wildman–Crippen MR) is 79.8 cm³/mol. The number of carbonyl (C=O) groups is 2. The second kappa shape index (κ2) is 7.22. The summed E-state index contributed by atoms with van der Waals surface area (Å²) < 4.78 is 0. The summed E-state index contributed by atoms with van der Waals surface area (Å²) in [6.07, 6.45) is 6.42.